The zero-order chi connectivity index (χ0) is 39.3. The van der Waals surface area contributed by atoms with Crippen LogP contribution in [0.25, 0.3) is 111 Å². The zero-order valence-corrected chi connectivity index (χ0v) is 31.7. The molecule has 0 amide bonds. The molecule has 0 saturated heterocycles. The van der Waals surface area contributed by atoms with Crippen molar-refractivity contribution in [2.75, 3.05) is 0 Å². The second-order valence-corrected chi connectivity index (χ2v) is 14.7. The molecule has 5 heteroatoms. The molecule has 5 nitrogen and oxygen atoms in total. The lowest BCUT2D eigenvalue weighted by molar-refractivity contribution is 0.669. The average Bonchev–Trinajstić information content (AvgIpc) is 3.70. The van der Waals surface area contributed by atoms with Gasteiger partial charge in [0.15, 0.2) is 17.5 Å². The van der Waals surface area contributed by atoms with Gasteiger partial charge in [-0.1, -0.05) is 152 Å². The van der Waals surface area contributed by atoms with Crippen LogP contribution in [0.3, 0.4) is 0 Å². The molecule has 274 valence electrons. The van der Waals surface area contributed by atoms with Crippen LogP contribution in [-0.2, 0) is 0 Å². The van der Waals surface area contributed by atoms with Crippen LogP contribution in [0.2, 0.25) is 0 Å². The molecule has 2 aromatic heterocycles. The summed E-state index contributed by atoms with van der Waals surface area (Å²) in [6.45, 7) is 0. The predicted octanol–water partition coefficient (Wildman–Crippen LogP) is 14.0. The molecule has 0 atom stereocenters. The first-order valence-electron chi connectivity index (χ1n) is 19.6. The normalized spacial score (nSPS) is 11.4. The third-order valence-electron chi connectivity index (χ3n) is 11.1. The first-order valence-corrected chi connectivity index (χ1v) is 19.6. The molecule has 0 aliphatic heterocycles. The largest absolute Gasteiger partial charge is 0.456 e. The minimum absolute atomic E-state index is 0.547. The highest BCUT2D eigenvalue weighted by Crippen LogP contribution is 2.40. The van der Waals surface area contributed by atoms with Gasteiger partial charge in [-0.3, -0.25) is 0 Å². The fourth-order valence-corrected chi connectivity index (χ4v) is 8.28. The number of rotatable bonds is 6. The molecule has 2 heterocycles. The smallest absolute Gasteiger partial charge is 0.164 e. The van der Waals surface area contributed by atoms with E-state index in [-0.39, 0.29) is 0 Å². The van der Waals surface area contributed by atoms with Gasteiger partial charge >= 0.3 is 0 Å². The maximum absolute atomic E-state index is 9.49. The van der Waals surface area contributed by atoms with Crippen molar-refractivity contribution in [2.45, 2.75) is 0 Å². The number of furan rings is 1. The van der Waals surface area contributed by atoms with Crippen LogP contribution in [0, 0.1) is 11.3 Å². The van der Waals surface area contributed by atoms with Crippen LogP contribution in [0.5, 0.6) is 0 Å². The fourth-order valence-electron chi connectivity index (χ4n) is 8.28. The Labute approximate surface area is 340 Å². The highest BCUT2D eigenvalue weighted by molar-refractivity contribution is 6.14. The molecule has 0 aliphatic rings. The Morgan fingerprint density at radius 3 is 1.80 bits per heavy atom. The Morgan fingerprint density at radius 2 is 0.966 bits per heavy atom. The lowest BCUT2D eigenvalue weighted by Gasteiger charge is -2.12. The molecule has 0 bridgehead atoms. The van der Waals surface area contributed by atoms with Gasteiger partial charge in [-0.05, 0) is 97.4 Å². The number of aromatic nitrogens is 3. The van der Waals surface area contributed by atoms with Gasteiger partial charge in [0.05, 0.1) is 11.6 Å². The Kier molecular flexibility index (Phi) is 8.13. The van der Waals surface area contributed by atoms with Gasteiger partial charge < -0.3 is 4.42 Å². The minimum atomic E-state index is 0.547. The summed E-state index contributed by atoms with van der Waals surface area (Å²) in [5.41, 5.74) is 11.4. The van der Waals surface area contributed by atoms with Crippen molar-refractivity contribution in [3.63, 3.8) is 0 Å². The van der Waals surface area contributed by atoms with E-state index < -0.39 is 0 Å². The zero-order valence-electron chi connectivity index (χ0n) is 31.7. The molecule has 9 aromatic carbocycles. The molecule has 0 spiro atoms. The Hall–Kier alpha value is -8.20. The predicted molar refractivity (Wildman–Crippen MR) is 239 cm³/mol. The van der Waals surface area contributed by atoms with Gasteiger partial charge in [0.2, 0.25) is 0 Å². The third kappa shape index (κ3) is 6.08. The second kappa shape index (κ2) is 14.1. The number of hydrogen-bond donors (Lipinski definition) is 0. The quantitative estimate of drug-likeness (QED) is 0.158. The summed E-state index contributed by atoms with van der Waals surface area (Å²) in [7, 11) is 0. The van der Waals surface area contributed by atoms with Crippen molar-refractivity contribution in [1.29, 1.82) is 5.26 Å². The molecule has 0 aliphatic carbocycles. The van der Waals surface area contributed by atoms with Crippen LogP contribution in [-0.4, -0.2) is 15.0 Å². The molecule has 0 saturated carbocycles. The number of nitrogens with zero attached hydrogens (tertiary/aromatic N) is 4. The van der Waals surface area contributed by atoms with Crippen molar-refractivity contribution in [3.05, 3.63) is 200 Å². The summed E-state index contributed by atoms with van der Waals surface area (Å²) < 4.78 is 6.61. The lowest BCUT2D eigenvalue weighted by atomic mass is 9.95. The highest BCUT2D eigenvalue weighted by Gasteiger charge is 2.19. The number of benzene rings is 9. The Balaban J connectivity index is 1.07. The van der Waals surface area contributed by atoms with E-state index in [1.165, 1.54) is 16.5 Å². The maximum Gasteiger partial charge on any atom is 0.164 e. The van der Waals surface area contributed by atoms with Crippen LogP contribution in [0.1, 0.15) is 5.56 Å². The van der Waals surface area contributed by atoms with Crippen LogP contribution >= 0.6 is 0 Å². The van der Waals surface area contributed by atoms with E-state index in [9.17, 15) is 5.26 Å². The molecular formula is C54H32N4O. The Morgan fingerprint density at radius 1 is 0.356 bits per heavy atom. The highest BCUT2D eigenvalue weighted by atomic mass is 16.3. The van der Waals surface area contributed by atoms with Gasteiger partial charge in [0.1, 0.15) is 11.2 Å². The number of fused-ring (bicyclic) bond motifs is 6. The second-order valence-electron chi connectivity index (χ2n) is 14.7. The van der Waals surface area contributed by atoms with E-state index in [1.54, 1.807) is 0 Å². The summed E-state index contributed by atoms with van der Waals surface area (Å²) >= 11 is 0. The van der Waals surface area contributed by atoms with E-state index in [4.69, 9.17) is 19.4 Å². The van der Waals surface area contributed by atoms with Crippen LogP contribution in [0.15, 0.2) is 199 Å². The van der Waals surface area contributed by atoms with Gasteiger partial charge in [0, 0.05) is 27.5 Å². The van der Waals surface area contributed by atoms with Gasteiger partial charge in [-0.15, -0.1) is 0 Å². The number of hydrogen-bond acceptors (Lipinski definition) is 5. The van der Waals surface area contributed by atoms with Crippen molar-refractivity contribution in [2.24, 2.45) is 0 Å². The summed E-state index contributed by atoms with van der Waals surface area (Å²) in [5.74, 6) is 1.69. The standard InChI is InChI=1S/C54H32N4O/c55-33-34-11-8-15-38(29-34)36-23-25-37(26-24-36)52-56-53(58-54(57-52)48-31-41-14-4-5-18-43(41)45-19-6-7-20-46(45)48)42-27-28-47-50(32-42)59-49-22-10-21-44(51(47)49)40-17-9-16-39(30-40)35-12-2-1-3-13-35/h1-32H. The van der Waals surface area contributed by atoms with Crippen molar-refractivity contribution >= 4 is 43.5 Å². The van der Waals surface area contributed by atoms with Crippen LogP contribution in [0.4, 0.5) is 0 Å². The lowest BCUT2D eigenvalue weighted by Crippen LogP contribution is -2.01. The third-order valence-corrected chi connectivity index (χ3v) is 11.1. The van der Waals surface area contributed by atoms with Crippen molar-refractivity contribution < 1.29 is 4.42 Å². The molecule has 11 aromatic rings. The Bertz CT molecular complexity index is 3450. The average molecular weight is 753 g/mol. The topological polar surface area (TPSA) is 75.6 Å². The van der Waals surface area contributed by atoms with E-state index in [1.807, 2.05) is 66.7 Å². The summed E-state index contributed by atoms with van der Waals surface area (Å²) in [5, 5.41) is 16.1. The first kappa shape index (κ1) is 34.1. The summed E-state index contributed by atoms with van der Waals surface area (Å²) in [6.07, 6.45) is 0. The molecule has 0 radical (unpaired) electrons. The maximum atomic E-state index is 9.49. The molecule has 0 N–H and O–H groups in total. The fraction of sp³-hybridized carbons (Fsp3) is 0. The van der Waals surface area contributed by atoms with Gasteiger partial charge in [-0.25, -0.2) is 15.0 Å². The van der Waals surface area contributed by atoms with E-state index in [0.29, 0.717) is 23.0 Å². The van der Waals surface area contributed by atoms with Crippen molar-refractivity contribution in [3.8, 4) is 73.6 Å². The van der Waals surface area contributed by atoms with Crippen molar-refractivity contribution in [1.82, 2.24) is 15.0 Å². The first-order chi connectivity index (χ1) is 29.2. The van der Waals surface area contributed by atoms with Gasteiger partial charge in [-0.2, -0.15) is 5.26 Å². The molecule has 11 rings (SSSR count). The molecule has 59 heavy (non-hydrogen) atoms. The van der Waals surface area contributed by atoms with E-state index >= 15 is 0 Å². The van der Waals surface area contributed by atoms with Gasteiger partial charge in [0.25, 0.3) is 0 Å². The summed E-state index contributed by atoms with van der Waals surface area (Å²) in [4.78, 5) is 15.5. The monoisotopic (exact) mass is 752 g/mol. The summed E-state index contributed by atoms with van der Waals surface area (Å²) in [6, 6.07) is 68.7. The van der Waals surface area contributed by atoms with Crippen LogP contribution < -0.4 is 0 Å². The number of nitriles is 1. The molecule has 0 unspecified atom stereocenters. The molecular weight excluding hydrogens is 721 g/mol. The minimum Gasteiger partial charge on any atom is -0.456 e. The molecule has 0 fully saturated rings. The van der Waals surface area contributed by atoms with E-state index in [0.717, 1.165) is 77.0 Å². The SMILES string of the molecule is N#Cc1cccc(-c2ccc(-c3nc(-c4ccc5c(c4)oc4cccc(-c6cccc(-c7ccccc7)c6)c45)nc(-c4cc5ccccc5c5ccccc45)n3)cc2)c1. The van der Waals surface area contributed by atoms with E-state index in [2.05, 4.69) is 133 Å².